The zero-order valence-electron chi connectivity index (χ0n) is 33.0. The van der Waals surface area contributed by atoms with E-state index in [1.165, 1.54) is 38.1 Å². The molecule has 2 aromatic heterocycles. The first kappa shape index (κ1) is 34.8. The highest BCUT2D eigenvalue weighted by Crippen LogP contribution is 2.41. The number of nitrogens with zero attached hydrogens (tertiary/aromatic N) is 3. The Morgan fingerprint density at radius 1 is 0.279 bits per heavy atom. The lowest BCUT2D eigenvalue weighted by Gasteiger charge is -2.11. The van der Waals surface area contributed by atoms with Gasteiger partial charge in [-0.25, -0.2) is 15.0 Å². The molecule has 0 aliphatic carbocycles. The summed E-state index contributed by atoms with van der Waals surface area (Å²) in [5.41, 5.74) is 11.1. The monoisotopic (exact) mass is 777 g/mol. The van der Waals surface area contributed by atoms with Crippen molar-refractivity contribution in [3.05, 3.63) is 212 Å². The van der Waals surface area contributed by atoms with Crippen molar-refractivity contribution >= 4 is 54.3 Å². The normalized spacial score (nSPS) is 11.6. The van der Waals surface area contributed by atoms with Crippen molar-refractivity contribution in [2.75, 3.05) is 0 Å². The molecule has 0 spiro atoms. The van der Waals surface area contributed by atoms with Crippen LogP contribution in [0.2, 0.25) is 0 Å². The first-order valence-corrected chi connectivity index (χ1v) is 20.6. The molecule has 4 nitrogen and oxygen atoms in total. The number of fused-ring (bicyclic) bond motifs is 7. The maximum Gasteiger partial charge on any atom is 0.164 e. The van der Waals surface area contributed by atoms with Crippen molar-refractivity contribution in [3.63, 3.8) is 0 Å². The topological polar surface area (TPSA) is 51.8 Å². The van der Waals surface area contributed by atoms with Gasteiger partial charge in [-0.2, -0.15) is 0 Å². The molecular formula is C57H35N3O. The predicted molar refractivity (Wildman–Crippen MR) is 252 cm³/mol. The molecule has 10 aromatic carbocycles. The van der Waals surface area contributed by atoms with Gasteiger partial charge in [-0.3, -0.25) is 0 Å². The summed E-state index contributed by atoms with van der Waals surface area (Å²) in [5, 5.41) is 9.22. The number of benzene rings is 10. The maximum absolute atomic E-state index is 6.76. The molecule has 0 saturated heterocycles. The van der Waals surface area contributed by atoms with Crippen molar-refractivity contribution < 1.29 is 4.42 Å². The largest absolute Gasteiger partial charge is 0.455 e. The molecule has 0 unspecified atom stereocenters. The summed E-state index contributed by atoms with van der Waals surface area (Å²) in [4.78, 5) is 15.6. The van der Waals surface area contributed by atoms with Crippen LogP contribution in [0.5, 0.6) is 0 Å². The van der Waals surface area contributed by atoms with Gasteiger partial charge in [-0.15, -0.1) is 0 Å². The average Bonchev–Trinajstić information content (AvgIpc) is 3.73. The number of aromatic nitrogens is 3. The van der Waals surface area contributed by atoms with Gasteiger partial charge in [0.15, 0.2) is 17.5 Å². The lowest BCUT2D eigenvalue weighted by atomic mass is 9.97. The summed E-state index contributed by atoms with van der Waals surface area (Å²) in [6, 6.07) is 74.7. The molecule has 12 rings (SSSR count). The molecule has 0 N–H and O–H groups in total. The maximum atomic E-state index is 6.76. The van der Waals surface area contributed by atoms with Crippen LogP contribution in [0.3, 0.4) is 0 Å². The van der Waals surface area contributed by atoms with Gasteiger partial charge >= 0.3 is 0 Å². The highest BCUT2D eigenvalue weighted by atomic mass is 16.3. The zero-order chi connectivity index (χ0) is 40.3. The third-order valence-electron chi connectivity index (χ3n) is 11.9. The van der Waals surface area contributed by atoms with Gasteiger partial charge in [-0.1, -0.05) is 194 Å². The van der Waals surface area contributed by atoms with Crippen LogP contribution < -0.4 is 0 Å². The van der Waals surface area contributed by atoms with E-state index in [9.17, 15) is 0 Å². The number of rotatable bonds is 6. The van der Waals surface area contributed by atoms with E-state index in [1.54, 1.807) is 0 Å². The molecule has 2 heterocycles. The third kappa shape index (κ3) is 6.12. The van der Waals surface area contributed by atoms with E-state index in [0.29, 0.717) is 17.5 Å². The summed E-state index contributed by atoms with van der Waals surface area (Å²) in [7, 11) is 0. The first-order valence-electron chi connectivity index (χ1n) is 20.6. The third-order valence-corrected chi connectivity index (χ3v) is 11.9. The Balaban J connectivity index is 0.990. The highest BCUT2D eigenvalue weighted by Gasteiger charge is 2.20. The molecule has 0 amide bonds. The molecule has 0 aliphatic heterocycles. The Morgan fingerprint density at radius 2 is 0.803 bits per heavy atom. The van der Waals surface area contributed by atoms with Gasteiger partial charge in [0, 0.05) is 33.0 Å². The lowest BCUT2D eigenvalue weighted by Crippen LogP contribution is -2.00. The smallest absolute Gasteiger partial charge is 0.164 e. The van der Waals surface area contributed by atoms with Gasteiger partial charge < -0.3 is 4.42 Å². The van der Waals surface area contributed by atoms with Gasteiger partial charge in [0.2, 0.25) is 0 Å². The minimum Gasteiger partial charge on any atom is -0.455 e. The summed E-state index contributed by atoms with van der Waals surface area (Å²) in [5.74, 6) is 1.80. The second kappa shape index (κ2) is 14.3. The summed E-state index contributed by atoms with van der Waals surface area (Å²) >= 11 is 0. The Morgan fingerprint density at radius 3 is 1.64 bits per heavy atom. The van der Waals surface area contributed by atoms with Crippen LogP contribution in [-0.2, 0) is 0 Å². The van der Waals surface area contributed by atoms with E-state index in [0.717, 1.165) is 66.3 Å². The lowest BCUT2D eigenvalue weighted by molar-refractivity contribution is 0.670. The van der Waals surface area contributed by atoms with E-state index in [-0.39, 0.29) is 0 Å². The molecule has 0 aliphatic rings. The van der Waals surface area contributed by atoms with Crippen LogP contribution in [-0.4, -0.2) is 15.0 Å². The van der Waals surface area contributed by atoms with Crippen LogP contribution >= 0.6 is 0 Å². The van der Waals surface area contributed by atoms with Gasteiger partial charge in [0.1, 0.15) is 11.2 Å². The fraction of sp³-hybridized carbons (Fsp3) is 0. The predicted octanol–water partition coefficient (Wildman–Crippen LogP) is 15.2. The number of para-hydroxylation sites is 1. The molecule has 4 heteroatoms. The Hall–Kier alpha value is -8.21. The van der Waals surface area contributed by atoms with Crippen LogP contribution in [0.15, 0.2) is 217 Å². The van der Waals surface area contributed by atoms with E-state index >= 15 is 0 Å². The SMILES string of the molecule is c1ccc(-c2ccc(-c3nc(-c4ccc5c(ccc6ccccc65)c4)nc(-c4cccc5oc6c(-c7ccc(-c8ccc9ccccc9c8)cc7)cccc6c45)n3)cc2)cc1. The van der Waals surface area contributed by atoms with Crippen molar-refractivity contribution in [1.29, 1.82) is 0 Å². The van der Waals surface area contributed by atoms with Gasteiger partial charge in [0.05, 0.1) is 0 Å². The van der Waals surface area contributed by atoms with E-state index in [2.05, 4.69) is 194 Å². The minimum absolute atomic E-state index is 0.587. The molecule has 0 atom stereocenters. The molecule has 0 radical (unpaired) electrons. The number of furan rings is 1. The van der Waals surface area contributed by atoms with Crippen molar-refractivity contribution in [1.82, 2.24) is 15.0 Å². The van der Waals surface area contributed by atoms with Crippen LogP contribution in [0.1, 0.15) is 0 Å². The van der Waals surface area contributed by atoms with Crippen LogP contribution in [0, 0.1) is 0 Å². The first-order chi connectivity index (χ1) is 30.2. The molecule has 61 heavy (non-hydrogen) atoms. The second-order valence-corrected chi connectivity index (χ2v) is 15.6. The molecule has 0 saturated carbocycles. The average molecular weight is 778 g/mol. The highest BCUT2D eigenvalue weighted by molar-refractivity contribution is 6.15. The fourth-order valence-electron chi connectivity index (χ4n) is 8.82. The standard InChI is InChI=1S/C57H35N3O/c1-2-10-36(11-3-1)38-22-28-42(29-23-38)55-58-56(46-32-33-48-45(35-46)31-27-40-13-6-7-15-47(40)48)60-57(59-55)51-18-9-19-52-53(51)50-17-8-16-49(54(50)61-52)41-25-20-39(21-26-41)44-30-24-37-12-4-5-14-43(37)34-44/h1-35H. The second-order valence-electron chi connectivity index (χ2n) is 15.6. The van der Waals surface area contributed by atoms with Crippen molar-refractivity contribution in [2.24, 2.45) is 0 Å². The van der Waals surface area contributed by atoms with E-state index in [1.807, 2.05) is 18.2 Å². The molecule has 0 fully saturated rings. The summed E-state index contributed by atoms with van der Waals surface area (Å²) in [6.45, 7) is 0. The van der Waals surface area contributed by atoms with Gasteiger partial charge in [-0.05, 0) is 78.3 Å². The van der Waals surface area contributed by atoms with E-state index < -0.39 is 0 Å². The van der Waals surface area contributed by atoms with Gasteiger partial charge in [0.25, 0.3) is 0 Å². The molecule has 284 valence electrons. The van der Waals surface area contributed by atoms with Crippen molar-refractivity contribution in [3.8, 4) is 67.5 Å². The zero-order valence-corrected chi connectivity index (χ0v) is 33.0. The van der Waals surface area contributed by atoms with Crippen molar-refractivity contribution in [2.45, 2.75) is 0 Å². The molecule has 12 aromatic rings. The van der Waals surface area contributed by atoms with Crippen LogP contribution in [0.4, 0.5) is 0 Å². The van der Waals surface area contributed by atoms with Crippen LogP contribution in [0.25, 0.3) is 122 Å². The molecule has 0 bridgehead atoms. The number of hydrogen-bond donors (Lipinski definition) is 0. The summed E-state index contributed by atoms with van der Waals surface area (Å²) < 4.78 is 6.76. The Bertz CT molecular complexity index is 3630. The Labute approximate surface area is 352 Å². The summed E-state index contributed by atoms with van der Waals surface area (Å²) in [6.07, 6.45) is 0. The Kier molecular flexibility index (Phi) is 8.13. The minimum atomic E-state index is 0.587. The number of hydrogen-bond acceptors (Lipinski definition) is 4. The van der Waals surface area contributed by atoms with E-state index in [4.69, 9.17) is 19.4 Å². The quantitative estimate of drug-likeness (QED) is 0.158. The fourth-order valence-corrected chi connectivity index (χ4v) is 8.82. The molecular weight excluding hydrogens is 743 g/mol.